The maximum Gasteiger partial charge on any atom is -0.0533 e. The average Bonchev–Trinajstić information content (AvgIpc) is 1.72. The molecule has 60 valence electrons. The van der Waals surface area contributed by atoms with Crippen molar-refractivity contribution in [3.05, 3.63) is 0 Å². The Kier molecular flexibility index (Phi) is 21.6. The van der Waals surface area contributed by atoms with Crippen molar-refractivity contribution in [3.8, 4) is 0 Å². The van der Waals surface area contributed by atoms with E-state index < -0.39 is 0 Å². The molecule has 0 nitrogen and oxygen atoms in total. The monoisotopic (exact) mass is 190 g/mol. The largest absolute Gasteiger partial charge is 0.153 e. The Morgan fingerprint density at radius 2 is 0.556 bits per heavy atom. The number of rotatable bonds is 0. The van der Waals surface area contributed by atoms with Gasteiger partial charge in [-0.1, -0.05) is 38.5 Å². The van der Waals surface area contributed by atoms with Crippen LogP contribution in [0.5, 0.6) is 0 Å². The molecule has 0 bridgehead atoms. The van der Waals surface area contributed by atoms with E-state index in [1.807, 2.05) is 0 Å². The Morgan fingerprint density at radius 1 is 0.444 bits per heavy atom. The minimum atomic E-state index is 0. The molecule has 1 fully saturated rings. The van der Waals surface area contributed by atoms with Gasteiger partial charge in [0.15, 0.2) is 0 Å². The first-order chi connectivity index (χ1) is 3.00. The second kappa shape index (κ2) is 11.8. The van der Waals surface area contributed by atoms with Crippen molar-refractivity contribution in [2.45, 2.75) is 38.5 Å². The van der Waals surface area contributed by atoms with Crippen LogP contribution in [0, 0.1) is 0 Å². The molecule has 0 saturated heterocycles. The summed E-state index contributed by atoms with van der Waals surface area (Å²) < 4.78 is 0. The lowest BCUT2D eigenvalue weighted by molar-refractivity contribution is 0.504. The highest BCUT2D eigenvalue weighted by atomic mass is 35.5. The summed E-state index contributed by atoms with van der Waals surface area (Å²) in [5.41, 5.74) is 0. The van der Waals surface area contributed by atoms with Crippen molar-refractivity contribution in [1.82, 2.24) is 0 Å². The van der Waals surface area contributed by atoms with E-state index in [2.05, 4.69) is 0 Å². The second-order valence-corrected chi connectivity index (χ2v) is 2.12. The lowest BCUT2D eigenvalue weighted by atomic mass is 10.0. The normalized spacial score (nSPS) is 16.0. The van der Waals surface area contributed by atoms with Crippen LogP contribution >= 0.6 is 34.7 Å². The van der Waals surface area contributed by atoms with Crippen LogP contribution in [0.15, 0.2) is 0 Å². The molecule has 0 aromatic carbocycles. The number of hydrogen-bond donors (Lipinski definition) is 0. The zero-order valence-corrected chi connectivity index (χ0v) is 8.81. The fraction of sp³-hybridized carbons (Fsp3) is 1.00. The van der Waals surface area contributed by atoms with Gasteiger partial charge in [0, 0.05) is 0 Å². The van der Waals surface area contributed by atoms with E-state index in [-0.39, 0.29) is 34.7 Å². The van der Waals surface area contributed by atoms with E-state index in [0.29, 0.717) is 0 Å². The third-order valence-corrected chi connectivity index (χ3v) is 1.50. The molecule has 0 aromatic rings. The van der Waals surface area contributed by atoms with Crippen LogP contribution in [-0.2, 0) is 0 Å². The molecule has 1 atom stereocenters. The highest BCUT2D eigenvalue weighted by Crippen LogP contribution is 2.15. The third kappa shape index (κ3) is 9.01. The molecule has 1 rings (SSSR count). The Hall–Kier alpha value is 1.01. The standard InChI is InChI=1S/C6H12.2ClH.H3P/c1-2-4-6-5-3-1;;;/h1-6H2;2*1H;1H3. The van der Waals surface area contributed by atoms with Gasteiger partial charge in [-0.2, -0.15) is 9.90 Å². The van der Waals surface area contributed by atoms with Crippen molar-refractivity contribution >= 4 is 34.7 Å². The van der Waals surface area contributed by atoms with Gasteiger partial charge in [0.25, 0.3) is 0 Å². The first kappa shape index (κ1) is 16.5. The van der Waals surface area contributed by atoms with E-state index >= 15 is 0 Å². The first-order valence-electron chi connectivity index (χ1n) is 3.00. The summed E-state index contributed by atoms with van der Waals surface area (Å²) in [6, 6.07) is 0. The fourth-order valence-corrected chi connectivity index (χ4v) is 1.06. The number of halogens is 2. The fourth-order valence-electron chi connectivity index (χ4n) is 1.06. The molecule has 3 heteroatoms. The van der Waals surface area contributed by atoms with Crippen molar-refractivity contribution in [1.29, 1.82) is 0 Å². The summed E-state index contributed by atoms with van der Waals surface area (Å²) in [7, 11) is 0. The summed E-state index contributed by atoms with van der Waals surface area (Å²) in [5.74, 6) is 0. The van der Waals surface area contributed by atoms with E-state index in [1.165, 1.54) is 38.5 Å². The quantitative estimate of drug-likeness (QED) is 0.515. The summed E-state index contributed by atoms with van der Waals surface area (Å²) in [5, 5.41) is 0. The maximum absolute atomic E-state index is 1.50. The van der Waals surface area contributed by atoms with Gasteiger partial charge in [-0.05, 0) is 0 Å². The smallest absolute Gasteiger partial charge is 0.0533 e. The topological polar surface area (TPSA) is 0 Å². The molecule has 0 spiro atoms. The van der Waals surface area contributed by atoms with Gasteiger partial charge in [0.2, 0.25) is 0 Å². The van der Waals surface area contributed by atoms with Crippen LogP contribution in [-0.4, -0.2) is 0 Å². The zero-order chi connectivity index (χ0) is 4.24. The lowest BCUT2D eigenvalue weighted by Crippen LogP contribution is -1.85. The molecule has 0 aromatic heterocycles. The Bertz CT molecular complexity index is 26.5. The van der Waals surface area contributed by atoms with E-state index in [1.54, 1.807) is 0 Å². The lowest BCUT2D eigenvalue weighted by Gasteiger charge is -2.05. The van der Waals surface area contributed by atoms with Crippen molar-refractivity contribution < 1.29 is 0 Å². The maximum atomic E-state index is 1.50. The molecular formula is C6H17Cl2P. The first-order valence-corrected chi connectivity index (χ1v) is 3.00. The highest BCUT2D eigenvalue weighted by molar-refractivity contribution is 6.92. The molecule has 0 radical (unpaired) electrons. The molecule has 1 aliphatic rings. The summed E-state index contributed by atoms with van der Waals surface area (Å²) in [6.07, 6.45) is 9.00. The van der Waals surface area contributed by atoms with E-state index in [9.17, 15) is 0 Å². The van der Waals surface area contributed by atoms with Gasteiger partial charge in [-0.15, -0.1) is 24.8 Å². The van der Waals surface area contributed by atoms with Gasteiger partial charge >= 0.3 is 0 Å². The SMILES string of the molecule is C1CCCCC1.Cl.Cl.P. The molecule has 0 amide bonds. The van der Waals surface area contributed by atoms with Crippen molar-refractivity contribution in [3.63, 3.8) is 0 Å². The van der Waals surface area contributed by atoms with Gasteiger partial charge in [0.05, 0.1) is 0 Å². The molecule has 0 heterocycles. The van der Waals surface area contributed by atoms with Gasteiger partial charge < -0.3 is 0 Å². The number of hydrogen-bond acceptors (Lipinski definition) is 0. The summed E-state index contributed by atoms with van der Waals surface area (Å²) in [4.78, 5) is 0. The Balaban J connectivity index is -0.000000120. The van der Waals surface area contributed by atoms with Gasteiger partial charge in [0.1, 0.15) is 0 Å². The average molecular weight is 191 g/mol. The second-order valence-electron chi connectivity index (χ2n) is 2.12. The van der Waals surface area contributed by atoms with Crippen LogP contribution in [0.2, 0.25) is 0 Å². The minimum absolute atomic E-state index is 0. The Labute approximate surface area is 73.6 Å². The van der Waals surface area contributed by atoms with E-state index in [0.717, 1.165) is 0 Å². The van der Waals surface area contributed by atoms with Crippen molar-refractivity contribution in [2.24, 2.45) is 0 Å². The molecule has 1 aliphatic carbocycles. The van der Waals surface area contributed by atoms with Crippen molar-refractivity contribution in [2.75, 3.05) is 0 Å². The summed E-state index contributed by atoms with van der Waals surface area (Å²) >= 11 is 0. The predicted molar refractivity (Wildman–Crippen MR) is 53.3 cm³/mol. The highest BCUT2D eigenvalue weighted by Gasteiger charge is 1.95. The zero-order valence-electron chi connectivity index (χ0n) is 5.77. The van der Waals surface area contributed by atoms with Crippen LogP contribution in [0.25, 0.3) is 0 Å². The van der Waals surface area contributed by atoms with Crippen LogP contribution < -0.4 is 0 Å². The molecular weight excluding hydrogens is 174 g/mol. The Morgan fingerprint density at radius 3 is 0.667 bits per heavy atom. The van der Waals surface area contributed by atoms with Gasteiger partial charge in [-0.3, -0.25) is 0 Å². The molecule has 0 aliphatic heterocycles. The van der Waals surface area contributed by atoms with Crippen LogP contribution in [0.1, 0.15) is 38.5 Å². The molecule has 0 N–H and O–H groups in total. The molecule has 1 saturated carbocycles. The van der Waals surface area contributed by atoms with Gasteiger partial charge in [-0.25, -0.2) is 0 Å². The summed E-state index contributed by atoms with van der Waals surface area (Å²) in [6.45, 7) is 0. The predicted octanol–water partition coefficient (Wildman–Crippen LogP) is 3.24. The molecule has 9 heavy (non-hydrogen) atoms. The van der Waals surface area contributed by atoms with Crippen LogP contribution in [0.3, 0.4) is 0 Å². The third-order valence-electron chi connectivity index (χ3n) is 1.50. The van der Waals surface area contributed by atoms with Crippen LogP contribution in [0.4, 0.5) is 0 Å². The molecule has 1 unspecified atom stereocenters. The minimum Gasteiger partial charge on any atom is -0.153 e. The van der Waals surface area contributed by atoms with E-state index in [4.69, 9.17) is 0 Å².